The molecule has 0 unspecified atom stereocenters. The number of rotatable bonds is 5. The van der Waals surface area contributed by atoms with E-state index in [4.69, 9.17) is 16.3 Å². The molecule has 0 radical (unpaired) electrons. The minimum Gasteiger partial charge on any atom is -0.378 e. The lowest BCUT2D eigenvalue weighted by molar-refractivity contribution is 0.0553. The predicted molar refractivity (Wildman–Crippen MR) is 86.3 cm³/mol. The number of morpholine rings is 1. The normalized spacial score (nSPS) is 16.6. The highest BCUT2D eigenvalue weighted by molar-refractivity contribution is 6.32. The molecule has 1 fully saturated rings. The van der Waals surface area contributed by atoms with Crippen LogP contribution in [0.3, 0.4) is 0 Å². The fraction of sp³-hybridized carbons (Fsp3) is 0.438. The van der Waals surface area contributed by atoms with Gasteiger partial charge in [-0.3, -0.25) is 4.68 Å². The zero-order valence-electron chi connectivity index (χ0n) is 12.7. The zero-order chi connectivity index (χ0) is 15.4. The first-order valence-electron chi connectivity index (χ1n) is 7.06. The molecule has 5 heteroatoms. The van der Waals surface area contributed by atoms with E-state index in [0.717, 1.165) is 30.1 Å². The molecule has 2 heterocycles. The summed E-state index contributed by atoms with van der Waals surface area (Å²) in [6.07, 6.45) is 3.64. The number of aromatic nitrogens is 2. The Bertz CT molecular complexity index is 568. The lowest BCUT2D eigenvalue weighted by Crippen LogP contribution is -2.35. The highest BCUT2D eigenvalue weighted by Gasteiger charge is 2.17. The third-order valence-electron chi connectivity index (χ3n) is 3.84. The molecule has 4 nitrogen and oxygen atoms in total. The quantitative estimate of drug-likeness (QED) is 0.783. The van der Waals surface area contributed by atoms with Crippen molar-refractivity contribution in [3.8, 4) is 0 Å². The summed E-state index contributed by atoms with van der Waals surface area (Å²) in [5, 5.41) is 5.02. The first-order chi connectivity index (χ1) is 10.0. The van der Waals surface area contributed by atoms with E-state index in [-0.39, 0.29) is 0 Å². The van der Waals surface area contributed by atoms with E-state index >= 15 is 0 Å². The molecule has 114 valence electrons. The molecule has 21 heavy (non-hydrogen) atoms. The van der Waals surface area contributed by atoms with Gasteiger partial charge in [-0.15, -0.1) is 0 Å². The third-order valence-corrected chi connectivity index (χ3v) is 4.30. The summed E-state index contributed by atoms with van der Waals surface area (Å²) < 4.78 is 7.29. The van der Waals surface area contributed by atoms with Crippen LogP contribution in [-0.2, 0) is 11.3 Å². The van der Waals surface area contributed by atoms with Crippen LogP contribution in [0.2, 0.25) is 0 Å². The molecule has 0 saturated carbocycles. The maximum absolute atomic E-state index is 6.53. The molecule has 0 bridgehead atoms. The molecule has 1 aliphatic rings. The van der Waals surface area contributed by atoms with Crippen LogP contribution in [0.5, 0.6) is 0 Å². The van der Waals surface area contributed by atoms with Crippen molar-refractivity contribution in [3.05, 3.63) is 53.0 Å². The van der Waals surface area contributed by atoms with Gasteiger partial charge in [0.25, 0.3) is 0 Å². The standard InChI is InChI=1S/C16H22ClN3O/c1-5-15(11-20-13(3)12(2)10-18-20)16(17)14(4)19-6-8-21-9-7-19/h5,10H,1,4,6-9,11H2,2-3H3. The SMILES string of the molecule is C=CC(Cn1ncc(C)c1C)=C(Cl)C(=C)N1CCOCC1. The van der Waals surface area contributed by atoms with Crippen LogP contribution in [0.4, 0.5) is 0 Å². The zero-order valence-corrected chi connectivity index (χ0v) is 13.5. The summed E-state index contributed by atoms with van der Waals surface area (Å²) in [5.74, 6) is 0. The van der Waals surface area contributed by atoms with Gasteiger partial charge in [-0.2, -0.15) is 5.10 Å². The lowest BCUT2D eigenvalue weighted by Gasteiger charge is -2.30. The van der Waals surface area contributed by atoms with Gasteiger partial charge in [0.1, 0.15) is 0 Å². The highest BCUT2D eigenvalue weighted by atomic mass is 35.5. The van der Waals surface area contributed by atoms with Crippen molar-refractivity contribution in [2.75, 3.05) is 26.3 Å². The number of allylic oxidation sites excluding steroid dienone is 3. The second-order valence-corrected chi connectivity index (χ2v) is 5.54. The molecule has 0 aromatic carbocycles. The first-order valence-corrected chi connectivity index (χ1v) is 7.44. The van der Waals surface area contributed by atoms with Crippen molar-refractivity contribution in [2.45, 2.75) is 20.4 Å². The van der Waals surface area contributed by atoms with Crippen LogP contribution in [0.1, 0.15) is 11.3 Å². The summed E-state index contributed by atoms with van der Waals surface area (Å²) in [5.41, 5.74) is 4.06. The van der Waals surface area contributed by atoms with E-state index in [9.17, 15) is 0 Å². The Morgan fingerprint density at radius 2 is 2.10 bits per heavy atom. The van der Waals surface area contributed by atoms with Crippen molar-refractivity contribution >= 4 is 11.6 Å². The van der Waals surface area contributed by atoms with Crippen LogP contribution in [0, 0.1) is 13.8 Å². The number of nitrogens with zero attached hydrogens (tertiary/aromatic N) is 3. The molecule has 0 spiro atoms. The summed E-state index contributed by atoms with van der Waals surface area (Å²) in [4.78, 5) is 2.15. The number of hydrogen-bond donors (Lipinski definition) is 0. The Balaban J connectivity index is 2.18. The van der Waals surface area contributed by atoms with Gasteiger partial charge in [0.05, 0.1) is 31.0 Å². The van der Waals surface area contributed by atoms with Crippen molar-refractivity contribution < 1.29 is 4.74 Å². The van der Waals surface area contributed by atoms with Gasteiger partial charge in [-0.25, -0.2) is 0 Å². The third kappa shape index (κ3) is 3.57. The summed E-state index contributed by atoms with van der Waals surface area (Å²) in [6, 6.07) is 0. The number of ether oxygens (including phenoxy) is 1. The van der Waals surface area contributed by atoms with Gasteiger partial charge < -0.3 is 9.64 Å². The lowest BCUT2D eigenvalue weighted by atomic mass is 10.2. The summed E-state index contributed by atoms with van der Waals surface area (Å²) in [7, 11) is 0. The predicted octanol–water partition coefficient (Wildman–Crippen LogP) is 3.02. The summed E-state index contributed by atoms with van der Waals surface area (Å²) >= 11 is 6.53. The molecule has 1 aromatic rings. The van der Waals surface area contributed by atoms with Crippen molar-refractivity contribution in [1.29, 1.82) is 0 Å². The van der Waals surface area contributed by atoms with Gasteiger partial charge in [-0.05, 0) is 25.0 Å². The maximum atomic E-state index is 6.53. The van der Waals surface area contributed by atoms with Gasteiger partial charge in [0, 0.05) is 24.5 Å². The molecule has 0 atom stereocenters. The summed E-state index contributed by atoms with van der Waals surface area (Å²) in [6.45, 7) is 15.8. The Kier molecular flexibility index (Phi) is 5.26. The smallest absolute Gasteiger partial charge is 0.0683 e. The van der Waals surface area contributed by atoms with Crippen molar-refractivity contribution in [1.82, 2.24) is 14.7 Å². The molecule has 0 amide bonds. The van der Waals surface area contributed by atoms with Gasteiger partial charge in [0.15, 0.2) is 0 Å². The monoisotopic (exact) mass is 307 g/mol. The largest absolute Gasteiger partial charge is 0.378 e. The van der Waals surface area contributed by atoms with Crippen LogP contribution in [-0.4, -0.2) is 41.0 Å². The molecule has 1 aliphatic heterocycles. The molecule has 2 rings (SSSR count). The number of aryl methyl sites for hydroxylation is 1. The second-order valence-electron chi connectivity index (χ2n) is 5.16. The van der Waals surface area contributed by atoms with E-state index in [1.165, 1.54) is 5.56 Å². The molecule has 1 aromatic heterocycles. The van der Waals surface area contributed by atoms with E-state index in [0.29, 0.717) is 24.8 Å². The molecular weight excluding hydrogens is 286 g/mol. The first kappa shape index (κ1) is 15.9. The molecule has 1 saturated heterocycles. The van der Waals surface area contributed by atoms with Crippen LogP contribution in [0.25, 0.3) is 0 Å². The molecular formula is C16H22ClN3O. The van der Waals surface area contributed by atoms with Gasteiger partial charge >= 0.3 is 0 Å². The average Bonchev–Trinajstić information content (AvgIpc) is 2.83. The average molecular weight is 308 g/mol. The van der Waals surface area contributed by atoms with Crippen LogP contribution < -0.4 is 0 Å². The van der Waals surface area contributed by atoms with Crippen molar-refractivity contribution in [2.24, 2.45) is 0 Å². The second kappa shape index (κ2) is 6.96. The number of hydrogen-bond acceptors (Lipinski definition) is 3. The van der Waals surface area contributed by atoms with Crippen LogP contribution >= 0.6 is 11.6 Å². The Morgan fingerprint density at radius 3 is 2.62 bits per heavy atom. The van der Waals surface area contributed by atoms with Gasteiger partial charge in [-0.1, -0.05) is 30.8 Å². The van der Waals surface area contributed by atoms with E-state index in [2.05, 4.69) is 23.2 Å². The minimum atomic E-state index is 0.603. The Labute approximate surface area is 131 Å². The van der Waals surface area contributed by atoms with Gasteiger partial charge in [0.2, 0.25) is 0 Å². The number of halogens is 1. The molecule has 0 N–H and O–H groups in total. The topological polar surface area (TPSA) is 30.3 Å². The Hall–Kier alpha value is -1.52. The van der Waals surface area contributed by atoms with E-state index in [1.807, 2.05) is 24.7 Å². The fourth-order valence-electron chi connectivity index (χ4n) is 2.24. The fourth-order valence-corrected chi connectivity index (χ4v) is 2.50. The van der Waals surface area contributed by atoms with Crippen LogP contribution in [0.15, 0.2) is 41.7 Å². The van der Waals surface area contributed by atoms with E-state index < -0.39 is 0 Å². The minimum absolute atomic E-state index is 0.603. The highest BCUT2D eigenvalue weighted by Crippen LogP contribution is 2.24. The molecule has 0 aliphatic carbocycles. The van der Waals surface area contributed by atoms with Crippen molar-refractivity contribution in [3.63, 3.8) is 0 Å². The Morgan fingerprint density at radius 1 is 1.43 bits per heavy atom. The van der Waals surface area contributed by atoms with E-state index in [1.54, 1.807) is 6.08 Å². The maximum Gasteiger partial charge on any atom is 0.0683 e.